The summed E-state index contributed by atoms with van der Waals surface area (Å²) < 4.78 is 10.0. The van der Waals surface area contributed by atoms with Crippen LogP contribution in [-0.2, 0) is 9.53 Å². The summed E-state index contributed by atoms with van der Waals surface area (Å²) in [6.45, 7) is 2.12. The molecule has 3 nitrogen and oxygen atoms in total. The van der Waals surface area contributed by atoms with Gasteiger partial charge >= 0.3 is 5.97 Å². The second-order valence-electron chi connectivity index (χ2n) is 2.77. The van der Waals surface area contributed by atoms with Gasteiger partial charge in [-0.1, -0.05) is 6.07 Å². The van der Waals surface area contributed by atoms with Crippen molar-refractivity contribution in [2.75, 3.05) is 19.5 Å². The van der Waals surface area contributed by atoms with Crippen molar-refractivity contribution in [3.63, 3.8) is 0 Å². The Hall–Kier alpha value is -1.16. The van der Waals surface area contributed by atoms with Crippen LogP contribution in [0.2, 0.25) is 0 Å². The number of hydrogen-bond donors (Lipinski definition) is 0. The molecule has 1 rings (SSSR count). The van der Waals surface area contributed by atoms with Gasteiger partial charge in [-0.05, 0) is 31.4 Å². The van der Waals surface area contributed by atoms with E-state index in [1.165, 1.54) is 0 Å². The summed E-state index contributed by atoms with van der Waals surface area (Å²) in [6, 6.07) is 7.59. The molecule has 0 aliphatic rings. The first-order valence-electron chi connectivity index (χ1n) is 4.68. The molecule has 82 valence electrons. The van der Waals surface area contributed by atoms with Crippen LogP contribution in [0.4, 0.5) is 0 Å². The van der Waals surface area contributed by atoms with Crippen LogP contribution in [0.15, 0.2) is 29.2 Å². The van der Waals surface area contributed by atoms with Crippen LogP contribution in [-0.4, -0.2) is 25.4 Å². The summed E-state index contributed by atoms with van der Waals surface area (Å²) in [6.07, 6.45) is 1.99. The molecule has 0 atom stereocenters. The van der Waals surface area contributed by atoms with Crippen LogP contribution in [0, 0.1) is 0 Å². The van der Waals surface area contributed by atoms with E-state index in [0.717, 1.165) is 4.90 Å². The topological polar surface area (TPSA) is 35.5 Å². The Bertz CT molecular complexity index is 325. The fourth-order valence-electron chi connectivity index (χ4n) is 1.04. The van der Waals surface area contributed by atoms with Crippen LogP contribution >= 0.6 is 11.8 Å². The SMILES string of the molecule is CCOC(=O)COc1cccc(SC)c1. The molecule has 0 aromatic heterocycles. The Balaban J connectivity index is 2.46. The molecule has 1 aromatic carbocycles. The predicted octanol–water partition coefficient (Wildman–Crippen LogP) is 2.35. The molecule has 0 bridgehead atoms. The molecule has 0 radical (unpaired) electrons. The normalized spacial score (nSPS) is 9.73. The summed E-state index contributed by atoms with van der Waals surface area (Å²) in [5.74, 6) is 0.349. The Morgan fingerprint density at radius 3 is 2.93 bits per heavy atom. The summed E-state index contributed by atoms with van der Waals surface area (Å²) in [5, 5.41) is 0. The summed E-state index contributed by atoms with van der Waals surface area (Å²) in [7, 11) is 0. The van der Waals surface area contributed by atoms with Crippen LogP contribution in [0.1, 0.15) is 6.92 Å². The minimum absolute atomic E-state index is 0.0360. The van der Waals surface area contributed by atoms with Gasteiger partial charge in [-0.25, -0.2) is 4.79 Å². The number of ether oxygens (including phenoxy) is 2. The van der Waals surface area contributed by atoms with E-state index in [-0.39, 0.29) is 12.6 Å². The van der Waals surface area contributed by atoms with Crippen LogP contribution in [0.5, 0.6) is 5.75 Å². The molecular formula is C11H14O3S. The first kappa shape index (κ1) is 11.9. The quantitative estimate of drug-likeness (QED) is 0.570. The first-order valence-corrected chi connectivity index (χ1v) is 5.91. The Kier molecular flexibility index (Phi) is 5.04. The van der Waals surface area contributed by atoms with Gasteiger partial charge in [0.05, 0.1) is 6.61 Å². The maximum atomic E-state index is 11.0. The van der Waals surface area contributed by atoms with Gasteiger partial charge in [0.2, 0.25) is 0 Å². The van der Waals surface area contributed by atoms with E-state index < -0.39 is 0 Å². The van der Waals surface area contributed by atoms with E-state index in [9.17, 15) is 4.79 Å². The summed E-state index contributed by atoms with van der Waals surface area (Å²) >= 11 is 1.63. The van der Waals surface area contributed by atoms with E-state index in [4.69, 9.17) is 9.47 Å². The second-order valence-corrected chi connectivity index (χ2v) is 3.65. The highest BCUT2D eigenvalue weighted by Crippen LogP contribution is 2.20. The third-order valence-electron chi connectivity index (χ3n) is 1.70. The fraction of sp³-hybridized carbons (Fsp3) is 0.364. The lowest BCUT2D eigenvalue weighted by atomic mass is 10.3. The number of thioether (sulfide) groups is 1. The molecule has 0 spiro atoms. The van der Waals surface area contributed by atoms with Crippen molar-refractivity contribution in [2.45, 2.75) is 11.8 Å². The zero-order chi connectivity index (χ0) is 11.1. The first-order chi connectivity index (χ1) is 7.26. The molecule has 4 heteroatoms. The average molecular weight is 226 g/mol. The average Bonchev–Trinajstić information content (AvgIpc) is 2.27. The van der Waals surface area contributed by atoms with Crippen molar-refractivity contribution in [3.05, 3.63) is 24.3 Å². The fourth-order valence-corrected chi connectivity index (χ4v) is 1.48. The lowest BCUT2D eigenvalue weighted by Crippen LogP contribution is -2.14. The van der Waals surface area contributed by atoms with Gasteiger partial charge in [0.1, 0.15) is 5.75 Å². The van der Waals surface area contributed by atoms with Gasteiger partial charge in [-0.2, -0.15) is 0 Å². The molecule has 0 saturated heterocycles. The predicted molar refractivity (Wildman–Crippen MR) is 60.4 cm³/mol. The molecule has 0 amide bonds. The lowest BCUT2D eigenvalue weighted by molar-refractivity contribution is -0.145. The second kappa shape index (κ2) is 6.35. The molecule has 15 heavy (non-hydrogen) atoms. The Morgan fingerprint density at radius 1 is 1.47 bits per heavy atom. The molecule has 0 fully saturated rings. The molecule has 1 aromatic rings. The van der Waals surface area contributed by atoms with Crippen LogP contribution in [0.3, 0.4) is 0 Å². The zero-order valence-corrected chi connectivity index (χ0v) is 9.67. The van der Waals surface area contributed by atoms with Gasteiger partial charge < -0.3 is 9.47 Å². The number of rotatable bonds is 5. The van der Waals surface area contributed by atoms with E-state index in [0.29, 0.717) is 12.4 Å². The monoisotopic (exact) mass is 226 g/mol. The van der Waals surface area contributed by atoms with Gasteiger partial charge in [-0.3, -0.25) is 0 Å². The van der Waals surface area contributed by atoms with E-state index in [1.54, 1.807) is 18.7 Å². The minimum Gasteiger partial charge on any atom is -0.482 e. The molecule has 0 aliphatic carbocycles. The van der Waals surface area contributed by atoms with E-state index in [2.05, 4.69) is 0 Å². The molecule has 0 N–H and O–H groups in total. The Labute approximate surface area is 93.8 Å². The number of carbonyl (C=O) groups excluding carboxylic acids is 1. The lowest BCUT2D eigenvalue weighted by Gasteiger charge is -2.06. The third kappa shape index (κ3) is 4.25. The van der Waals surface area contributed by atoms with Crippen molar-refractivity contribution in [1.82, 2.24) is 0 Å². The number of carbonyl (C=O) groups is 1. The maximum Gasteiger partial charge on any atom is 0.344 e. The highest BCUT2D eigenvalue weighted by atomic mass is 32.2. The smallest absolute Gasteiger partial charge is 0.344 e. The maximum absolute atomic E-state index is 11.0. The highest BCUT2D eigenvalue weighted by molar-refractivity contribution is 7.98. The van der Waals surface area contributed by atoms with E-state index >= 15 is 0 Å². The highest BCUT2D eigenvalue weighted by Gasteiger charge is 2.02. The van der Waals surface area contributed by atoms with Gasteiger partial charge in [-0.15, -0.1) is 11.8 Å². The van der Waals surface area contributed by atoms with Gasteiger partial charge in [0.25, 0.3) is 0 Å². The Morgan fingerprint density at radius 2 is 2.27 bits per heavy atom. The minimum atomic E-state index is -0.341. The van der Waals surface area contributed by atoms with Crippen molar-refractivity contribution < 1.29 is 14.3 Å². The zero-order valence-electron chi connectivity index (χ0n) is 8.86. The number of esters is 1. The molecule has 0 saturated carbocycles. The van der Waals surface area contributed by atoms with Crippen molar-refractivity contribution >= 4 is 17.7 Å². The summed E-state index contributed by atoms with van der Waals surface area (Å²) in [4.78, 5) is 12.1. The third-order valence-corrected chi connectivity index (χ3v) is 2.43. The number of hydrogen-bond acceptors (Lipinski definition) is 4. The van der Waals surface area contributed by atoms with Crippen molar-refractivity contribution in [1.29, 1.82) is 0 Å². The number of benzene rings is 1. The van der Waals surface area contributed by atoms with Crippen LogP contribution < -0.4 is 4.74 Å². The van der Waals surface area contributed by atoms with Gasteiger partial charge in [0, 0.05) is 4.90 Å². The van der Waals surface area contributed by atoms with Crippen molar-refractivity contribution in [2.24, 2.45) is 0 Å². The van der Waals surface area contributed by atoms with Gasteiger partial charge in [0.15, 0.2) is 6.61 Å². The standard InChI is InChI=1S/C11H14O3S/c1-3-13-11(12)8-14-9-5-4-6-10(7-9)15-2/h4-7H,3,8H2,1-2H3. The van der Waals surface area contributed by atoms with Crippen LogP contribution in [0.25, 0.3) is 0 Å². The largest absolute Gasteiger partial charge is 0.482 e. The molecule has 0 aliphatic heterocycles. The van der Waals surface area contributed by atoms with E-state index in [1.807, 2.05) is 30.5 Å². The van der Waals surface area contributed by atoms with Crippen molar-refractivity contribution in [3.8, 4) is 5.75 Å². The molecule has 0 heterocycles. The molecule has 0 unspecified atom stereocenters. The molecular weight excluding hydrogens is 212 g/mol. The summed E-state index contributed by atoms with van der Waals surface area (Å²) in [5.41, 5.74) is 0.